The third-order valence-corrected chi connectivity index (χ3v) is 5.20. The number of sulfone groups is 1. The van der Waals surface area contributed by atoms with E-state index in [4.69, 9.17) is 4.74 Å². The predicted octanol–water partition coefficient (Wildman–Crippen LogP) is 4.32. The Morgan fingerprint density at radius 2 is 1.69 bits per heavy atom. The van der Waals surface area contributed by atoms with Gasteiger partial charge in [-0.15, -0.1) is 0 Å². The number of rotatable bonds is 7. The smallest absolute Gasteiger partial charge is 0.248 e. The van der Waals surface area contributed by atoms with Crippen molar-refractivity contribution in [2.24, 2.45) is 0 Å². The first-order valence-corrected chi connectivity index (χ1v) is 10.9. The summed E-state index contributed by atoms with van der Waals surface area (Å²) < 4.78 is 28.9. The van der Waals surface area contributed by atoms with Crippen LogP contribution in [-0.2, 0) is 21.2 Å². The van der Waals surface area contributed by atoms with Crippen molar-refractivity contribution in [1.29, 1.82) is 0 Å². The van der Waals surface area contributed by atoms with Crippen LogP contribution in [0.2, 0.25) is 0 Å². The van der Waals surface area contributed by atoms with Gasteiger partial charge < -0.3 is 10.1 Å². The number of amides is 1. The highest BCUT2D eigenvalue weighted by Crippen LogP contribution is 2.17. The van der Waals surface area contributed by atoms with Gasteiger partial charge in [0.25, 0.3) is 0 Å². The molecule has 0 heterocycles. The molecule has 0 saturated carbocycles. The molecule has 0 aliphatic heterocycles. The average Bonchev–Trinajstić information content (AvgIpc) is 2.72. The number of hydrogen-bond acceptors (Lipinski definition) is 4. The van der Waals surface area contributed by atoms with Crippen molar-refractivity contribution in [2.75, 3.05) is 11.6 Å². The largest absolute Gasteiger partial charge is 0.489 e. The molecule has 0 aliphatic carbocycles. The van der Waals surface area contributed by atoms with Crippen LogP contribution in [-0.4, -0.2) is 20.6 Å². The third-order valence-electron chi connectivity index (χ3n) is 4.09. The van der Waals surface area contributed by atoms with Gasteiger partial charge >= 0.3 is 0 Å². The highest BCUT2D eigenvalue weighted by Gasteiger charge is 2.08. The molecule has 0 atom stereocenters. The van der Waals surface area contributed by atoms with Gasteiger partial charge in [0.1, 0.15) is 12.4 Å². The Bertz CT molecular complexity index is 1110. The molecule has 0 fully saturated rings. The first kappa shape index (κ1) is 20.4. The van der Waals surface area contributed by atoms with E-state index in [1.165, 1.54) is 18.2 Å². The minimum Gasteiger partial charge on any atom is -0.489 e. The monoisotopic (exact) mass is 407 g/mol. The Morgan fingerprint density at radius 3 is 2.38 bits per heavy atom. The third kappa shape index (κ3) is 6.33. The number of nitrogens with one attached hydrogen (secondary N) is 1. The van der Waals surface area contributed by atoms with E-state index in [-0.39, 0.29) is 10.8 Å². The lowest BCUT2D eigenvalue weighted by molar-refractivity contribution is -0.111. The summed E-state index contributed by atoms with van der Waals surface area (Å²) in [5.74, 6) is 0.396. The molecule has 29 heavy (non-hydrogen) atoms. The minimum atomic E-state index is -3.32. The second-order valence-corrected chi connectivity index (χ2v) is 8.48. The lowest BCUT2D eigenvalue weighted by Crippen LogP contribution is -2.08. The molecule has 3 aromatic rings. The predicted molar refractivity (Wildman–Crippen MR) is 114 cm³/mol. The molecule has 0 saturated heterocycles. The second-order valence-electron chi connectivity index (χ2n) is 6.47. The van der Waals surface area contributed by atoms with Crippen LogP contribution in [0.25, 0.3) is 6.08 Å². The van der Waals surface area contributed by atoms with Gasteiger partial charge in [0.05, 0.1) is 4.90 Å². The molecule has 0 unspecified atom stereocenters. The molecule has 5 nitrogen and oxygen atoms in total. The highest BCUT2D eigenvalue weighted by molar-refractivity contribution is 7.90. The summed E-state index contributed by atoms with van der Waals surface area (Å²) in [5, 5.41) is 2.66. The van der Waals surface area contributed by atoms with Crippen LogP contribution in [0.15, 0.2) is 89.8 Å². The van der Waals surface area contributed by atoms with E-state index < -0.39 is 9.84 Å². The number of benzene rings is 3. The van der Waals surface area contributed by atoms with Gasteiger partial charge in [0, 0.05) is 18.0 Å². The van der Waals surface area contributed by atoms with E-state index in [9.17, 15) is 13.2 Å². The molecule has 0 bridgehead atoms. The zero-order chi connectivity index (χ0) is 20.7. The lowest BCUT2D eigenvalue weighted by atomic mass is 10.2. The normalized spacial score (nSPS) is 11.3. The average molecular weight is 407 g/mol. The molecule has 1 N–H and O–H groups in total. The number of carbonyl (C=O) groups excluding carboxylic acids is 1. The zero-order valence-corrected chi connectivity index (χ0v) is 16.7. The highest BCUT2D eigenvalue weighted by atomic mass is 32.2. The van der Waals surface area contributed by atoms with Crippen molar-refractivity contribution >= 4 is 27.5 Å². The molecule has 3 aromatic carbocycles. The Hall–Kier alpha value is -3.38. The fourth-order valence-corrected chi connectivity index (χ4v) is 3.24. The maximum atomic E-state index is 12.1. The molecule has 1 amide bonds. The Balaban J connectivity index is 1.56. The molecule has 3 rings (SSSR count). The van der Waals surface area contributed by atoms with Gasteiger partial charge in [-0.25, -0.2) is 8.42 Å². The second kappa shape index (κ2) is 9.21. The van der Waals surface area contributed by atoms with Crippen LogP contribution in [0.5, 0.6) is 5.75 Å². The van der Waals surface area contributed by atoms with Crippen LogP contribution >= 0.6 is 0 Å². The summed E-state index contributed by atoms with van der Waals surface area (Å²) in [6.45, 7) is 0.491. The van der Waals surface area contributed by atoms with E-state index in [0.717, 1.165) is 23.1 Å². The number of anilines is 1. The molecule has 148 valence electrons. The summed E-state index contributed by atoms with van der Waals surface area (Å²) >= 11 is 0. The Labute approximate surface area is 170 Å². The summed E-state index contributed by atoms with van der Waals surface area (Å²) in [6, 6.07) is 23.4. The number of carbonyl (C=O) groups is 1. The fraction of sp³-hybridized carbons (Fsp3) is 0.0870. The molecule has 0 aromatic heterocycles. The lowest BCUT2D eigenvalue weighted by Gasteiger charge is -2.06. The Morgan fingerprint density at radius 1 is 0.966 bits per heavy atom. The van der Waals surface area contributed by atoms with Gasteiger partial charge in [-0.3, -0.25) is 4.79 Å². The van der Waals surface area contributed by atoms with E-state index >= 15 is 0 Å². The van der Waals surface area contributed by atoms with Gasteiger partial charge in [-0.1, -0.05) is 48.5 Å². The summed E-state index contributed by atoms with van der Waals surface area (Å²) in [5.41, 5.74) is 2.36. The van der Waals surface area contributed by atoms with Crippen molar-refractivity contribution in [2.45, 2.75) is 11.5 Å². The minimum absolute atomic E-state index is 0.158. The number of ether oxygens (including phenoxy) is 1. The summed E-state index contributed by atoms with van der Waals surface area (Å²) in [4.78, 5) is 12.3. The van der Waals surface area contributed by atoms with Gasteiger partial charge in [0.15, 0.2) is 9.84 Å². The zero-order valence-electron chi connectivity index (χ0n) is 15.9. The van der Waals surface area contributed by atoms with Crippen molar-refractivity contribution < 1.29 is 17.9 Å². The number of hydrogen-bond donors (Lipinski definition) is 1. The van der Waals surface area contributed by atoms with Crippen molar-refractivity contribution in [3.05, 3.63) is 96.1 Å². The van der Waals surface area contributed by atoms with Crippen LogP contribution in [0.1, 0.15) is 11.1 Å². The molecule has 6 heteroatoms. The first-order chi connectivity index (χ1) is 13.9. The molecular formula is C23H21NO4S. The fourth-order valence-electron chi connectivity index (χ4n) is 2.58. The van der Waals surface area contributed by atoms with Crippen LogP contribution < -0.4 is 10.1 Å². The topological polar surface area (TPSA) is 72.5 Å². The maximum Gasteiger partial charge on any atom is 0.248 e. The van der Waals surface area contributed by atoms with Gasteiger partial charge in [-0.2, -0.15) is 0 Å². The van der Waals surface area contributed by atoms with Crippen molar-refractivity contribution in [3.8, 4) is 5.75 Å². The summed E-state index contributed by atoms with van der Waals surface area (Å²) in [6.07, 6.45) is 4.20. The molecule has 0 aliphatic rings. The standard InChI is InChI=1S/C23H21NO4S/c1-29(26,27)22-9-5-8-20(16-22)24-23(25)15-12-18-10-13-21(14-11-18)28-17-19-6-3-2-4-7-19/h2-16H,17H2,1H3,(H,24,25)/b15-12+. The molecule has 0 spiro atoms. The van der Waals surface area contributed by atoms with E-state index in [1.54, 1.807) is 18.2 Å². The van der Waals surface area contributed by atoms with Crippen LogP contribution in [0.4, 0.5) is 5.69 Å². The van der Waals surface area contributed by atoms with Crippen LogP contribution in [0.3, 0.4) is 0 Å². The molecule has 0 radical (unpaired) electrons. The van der Waals surface area contributed by atoms with Gasteiger partial charge in [0.2, 0.25) is 5.91 Å². The first-order valence-electron chi connectivity index (χ1n) is 8.96. The van der Waals surface area contributed by atoms with Crippen molar-refractivity contribution in [1.82, 2.24) is 0 Å². The van der Waals surface area contributed by atoms with Crippen molar-refractivity contribution in [3.63, 3.8) is 0 Å². The van der Waals surface area contributed by atoms with Gasteiger partial charge in [-0.05, 0) is 47.5 Å². The van der Waals surface area contributed by atoms with Crippen LogP contribution in [0, 0.1) is 0 Å². The Kier molecular flexibility index (Phi) is 6.46. The van der Waals surface area contributed by atoms with E-state index in [2.05, 4.69) is 5.32 Å². The van der Waals surface area contributed by atoms with E-state index in [0.29, 0.717) is 12.3 Å². The SMILES string of the molecule is CS(=O)(=O)c1cccc(NC(=O)/C=C/c2ccc(OCc3ccccc3)cc2)c1. The molecular weight excluding hydrogens is 386 g/mol. The summed E-state index contributed by atoms with van der Waals surface area (Å²) in [7, 11) is -3.32. The maximum absolute atomic E-state index is 12.1. The quantitative estimate of drug-likeness (QED) is 0.592. The van der Waals surface area contributed by atoms with E-state index in [1.807, 2.05) is 54.6 Å².